The maximum Gasteiger partial charge on any atom is 0.217 e. The summed E-state index contributed by atoms with van der Waals surface area (Å²) in [5, 5.41) is 10.1. The fourth-order valence-electron chi connectivity index (χ4n) is 1.13. The fraction of sp³-hybridized carbons (Fsp3) is 0.500. The number of hydrogen-bond donors (Lipinski definition) is 1. The Morgan fingerprint density at radius 1 is 1.57 bits per heavy atom. The SMILES string of the molecule is COc1cc(Cl)nc(C2(O)COC2)n1. The zero-order valence-corrected chi connectivity index (χ0v) is 8.28. The van der Waals surface area contributed by atoms with Crippen LogP contribution in [0, 0.1) is 0 Å². The van der Waals surface area contributed by atoms with E-state index in [9.17, 15) is 5.11 Å². The van der Waals surface area contributed by atoms with Gasteiger partial charge in [-0.1, -0.05) is 11.6 Å². The molecule has 0 radical (unpaired) electrons. The highest BCUT2D eigenvalue weighted by atomic mass is 35.5. The first-order chi connectivity index (χ1) is 6.64. The van der Waals surface area contributed by atoms with Crippen LogP contribution in [-0.2, 0) is 10.3 Å². The van der Waals surface area contributed by atoms with Gasteiger partial charge in [-0.05, 0) is 0 Å². The Morgan fingerprint density at radius 3 is 2.79 bits per heavy atom. The van der Waals surface area contributed by atoms with Crippen LogP contribution in [0.25, 0.3) is 0 Å². The fourth-order valence-corrected chi connectivity index (χ4v) is 1.31. The molecule has 76 valence electrons. The Bertz CT molecular complexity index is 354. The summed E-state index contributed by atoms with van der Waals surface area (Å²) in [6.45, 7) is 0.382. The molecule has 0 aliphatic carbocycles. The van der Waals surface area contributed by atoms with Crippen LogP contribution in [0.3, 0.4) is 0 Å². The van der Waals surface area contributed by atoms with E-state index in [1.54, 1.807) is 0 Å². The molecule has 1 aliphatic heterocycles. The van der Waals surface area contributed by atoms with Gasteiger partial charge >= 0.3 is 0 Å². The standard InChI is InChI=1S/C8H9ClN2O3/c1-13-6-2-5(9)10-7(11-6)8(12)3-14-4-8/h2,12H,3-4H2,1H3. The summed E-state index contributed by atoms with van der Waals surface area (Å²) in [4.78, 5) is 7.92. The van der Waals surface area contributed by atoms with Crippen LogP contribution in [0.4, 0.5) is 0 Å². The summed E-state index contributed by atoms with van der Waals surface area (Å²) in [6, 6.07) is 1.48. The van der Waals surface area contributed by atoms with E-state index in [0.29, 0.717) is 5.88 Å². The first kappa shape index (κ1) is 9.64. The highest BCUT2D eigenvalue weighted by molar-refractivity contribution is 6.29. The summed E-state index contributed by atoms with van der Waals surface area (Å²) in [5.74, 6) is 0.577. The summed E-state index contributed by atoms with van der Waals surface area (Å²) in [5.41, 5.74) is -1.11. The molecule has 0 amide bonds. The van der Waals surface area contributed by atoms with Gasteiger partial charge in [-0.15, -0.1) is 0 Å². The van der Waals surface area contributed by atoms with Gasteiger partial charge < -0.3 is 14.6 Å². The second-order valence-corrected chi connectivity index (χ2v) is 3.47. The maximum atomic E-state index is 9.86. The molecule has 1 saturated heterocycles. The molecule has 1 aromatic rings. The van der Waals surface area contributed by atoms with Crippen molar-refractivity contribution in [1.82, 2.24) is 9.97 Å². The zero-order chi connectivity index (χ0) is 10.2. The maximum absolute atomic E-state index is 9.86. The van der Waals surface area contributed by atoms with Crippen molar-refractivity contribution in [3.05, 3.63) is 17.0 Å². The van der Waals surface area contributed by atoms with Crippen molar-refractivity contribution in [3.63, 3.8) is 0 Å². The Kier molecular flexibility index (Phi) is 2.30. The largest absolute Gasteiger partial charge is 0.481 e. The van der Waals surface area contributed by atoms with Crippen molar-refractivity contribution >= 4 is 11.6 Å². The lowest BCUT2D eigenvalue weighted by atomic mass is 10.0. The lowest BCUT2D eigenvalue weighted by Gasteiger charge is -2.34. The Morgan fingerprint density at radius 2 is 2.29 bits per heavy atom. The monoisotopic (exact) mass is 216 g/mol. The lowest BCUT2D eigenvalue weighted by molar-refractivity contribution is -0.189. The minimum absolute atomic E-state index is 0.191. The van der Waals surface area contributed by atoms with E-state index in [4.69, 9.17) is 21.1 Å². The number of aromatic nitrogens is 2. The van der Waals surface area contributed by atoms with Gasteiger partial charge in [-0.2, -0.15) is 4.98 Å². The van der Waals surface area contributed by atoms with Crippen molar-refractivity contribution in [2.45, 2.75) is 5.60 Å². The molecule has 0 unspecified atom stereocenters. The molecule has 0 spiro atoms. The molecule has 0 saturated carbocycles. The Balaban J connectivity index is 2.37. The minimum atomic E-state index is -1.11. The van der Waals surface area contributed by atoms with Gasteiger partial charge in [0, 0.05) is 6.07 Å². The van der Waals surface area contributed by atoms with Gasteiger partial charge in [0.05, 0.1) is 20.3 Å². The third-order valence-corrected chi connectivity index (χ3v) is 2.17. The van der Waals surface area contributed by atoms with Gasteiger partial charge in [0.1, 0.15) is 5.15 Å². The van der Waals surface area contributed by atoms with Crippen molar-refractivity contribution in [2.75, 3.05) is 20.3 Å². The van der Waals surface area contributed by atoms with Gasteiger partial charge in [-0.3, -0.25) is 0 Å². The second kappa shape index (κ2) is 3.34. The molecule has 14 heavy (non-hydrogen) atoms. The van der Waals surface area contributed by atoms with Crippen LogP contribution in [-0.4, -0.2) is 35.4 Å². The summed E-state index contributed by atoms with van der Waals surface area (Å²) < 4.78 is 9.80. The topological polar surface area (TPSA) is 64.5 Å². The van der Waals surface area contributed by atoms with Crippen molar-refractivity contribution in [2.24, 2.45) is 0 Å². The molecule has 1 aliphatic rings. The van der Waals surface area contributed by atoms with Crippen LogP contribution in [0.2, 0.25) is 5.15 Å². The molecule has 0 aromatic carbocycles. The van der Waals surface area contributed by atoms with Crippen LogP contribution < -0.4 is 4.74 Å². The van der Waals surface area contributed by atoms with Crippen LogP contribution in [0.1, 0.15) is 5.82 Å². The van der Waals surface area contributed by atoms with Gasteiger partial charge in [0.15, 0.2) is 11.4 Å². The highest BCUT2D eigenvalue weighted by Crippen LogP contribution is 2.28. The molecule has 6 heteroatoms. The highest BCUT2D eigenvalue weighted by Gasteiger charge is 2.41. The molecule has 0 bridgehead atoms. The van der Waals surface area contributed by atoms with E-state index < -0.39 is 5.60 Å². The summed E-state index contributed by atoms with van der Waals surface area (Å²) in [6.07, 6.45) is 0. The molecule has 1 aromatic heterocycles. The number of methoxy groups -OCH3 is 1. The molecule has 5 nitrogen and oxygen atoms in total. The number of hydrogen-bond acceptors (Lipinski definition) is 5. The molecule has 1 N–H and O–H groups in total. The number of nitrogens with zero attached hydrogens (tertiary/aromatic N) is 2. The lowest BCUT2D eigenvalue weighted by Crippen LogP contribution is -2.47. The van der Waals surface area contributed by atoms with Crippen molar-refractivity contribution < 1.29 is 14.6 Å². The van der Waals surface area contributed by atoms with Gasteiger partial charge in [-0.25, -0.2) is 4.98 Å². The van der Waals surface area contributed by atoms with Crippen LogP contribution in [0.5, 0.6) is 5.88 Å². The van der Waals surface area contributed by atoms with E-state index in [2.05, 4.69) is 9.97 Å². The molecule has 2 heterocycles. The zero-order valence-electron chi connectivity index (χ0n) is 7.53. The van der Waals surface area contributed by atoms with Crippen molar-refractivity contribution in [1.29, 1.82) is 0 Å². The number of aliphatic hydroxyl groups is 1. The predicted molar refractivity (Wildman–Crippen MR) is 48.3 cm³/mol. The molecular weight excluding hydrogens is 208 g/mol. The third-order valence-electron chi connectivity index (χ3n) is 1.98. The van der Waals surface area contributed by atoms with E-state index in [0.717, 1.165) is 0 Å². The number of halogens is 1. The average Bonchev–Trinajstić information content (AvgIpc) is 2.13. The smallest absolute Gasteiger partial charge is 0.217 e. The normalized spacial score (nSPS) is 18.8. The third kappa shape index (κ3) is 1.54. The number of rotatable bonds is 2. The quantitative estimate of drug-likeness (QED) is 0.723. The minimum Gasteiger partial charge on any atom is -0.481 e. The number of ether oxygens (including phenoxy) is 2. The van der Waals surface area contributed by atoms with Crippen LogP contribution >= 0.6 is 11.6 Å². The molecule has 0 atom stereocenters. The first-order valence-corrected chi connectivity index (χ1v) is 4.41. The van der Waals surface area contributed by atoms with E-state index >= 15 is 0 Å². The summed E-state index contributed by atoms with van der Waals surface area (Å²) in [7, 11) is 1.48. The molecule has 1 fully saturated rings. The summed E-state index contributed by atoms with van der Waals surface area (Å²) >= 11 is 5.73. The Labute approximate surface area is 85.6 Å². The van der Waals surface area contributed by atoms with E-state index in [-0.39, 0.29) is 24.2 Å². The van der Waals surface area contributed by atoms with E-state index in [1.165, 1.54) is 13.2 Å². The van der Waals surface area contributed by atoms with Gasteiger partial charge in [0.2, 0.25) is 5.88 Å². The molecule has 2 rings (SSSR count). The Hall–Kier alpha value is -0.910. The van der Waals surface area contributed by atoms with E-state index in [1.807, 2.05) is 0 Å². The average molecular weight is 217 g/mol. The van der Waals surface area contributed by atoms with Crippen molar-refractivity contribution in [3.8, 4) is 5.88 Å². The van der Waals surface area contributed by atoms with Gasteiger partial charge in [0.25, 0.3) is 0 Å². The second-order valence-electron chi connectivity index (χ2n) is 3.08. The van der Waals surface area contributed by atoms with Crippen LogP contribution in [0.15, 0.2) is 6.07 Å². The predicted octanol–water partition coefficient (Wildman–Crippen LogP) is 0.356. The molecular formula is C8H9ClN2O3. The first-order valence-electron chi connectivity index (χ1n) is 4.03.